The van der Waals surface area contributed by atoms with E-state index in [-0.39, 0.29) is 0 Å². The van der Waals surface area contributed by atoms with Crippen molar-refractivity contribution in [1.82, 2.24) is 0 Å². The van der Waals surface area contributed by atoms with Gasteiger partial charge in [0, 0.05) is 0 Å². The lowest BCUT2D eigenvalue weighted by molar-refractivity contribution is 1.14. The zero-order valence-electron chi connectivity index (χ0n) is 13.2. The van der Waals surface area contributed by atoms with E-state index in [1.165, 1.54) is 11.1 Å². The zero-order valence-corrected chi connectivity index (χ0v) is 13.2. The van der Waals surface area contributed by atoms with Crippen molar-refractivity contribution in [3.05, 3.63) is 47.6 Å². The first-order chi connectivity index (χ1) is 8.15. The number of allylic oxidation sites excluding steroid dienone is 8. The van der Waals surface area contributed by atoms with E-state index in [9.17, 15) is 0 Å². The summed E-state index contributed by atoms with van der Waals surface area (Å²) in [7, 11) is 0. The minimum Gasteiger partial charge on any atom is -0.0919 e. The Balaban J connectivity index is -0.000000275. The average Bonchev–Trinajstić information content (AvgIpc) is 2.40. The average molecular weight is 236 g/mol. The molecule has 0 atom stereocenters. The minimum absolute atomic E-state index is 1.11. The molecular formula is C17H32. The van der Waals surface area contributed by atoms with Crippen LogP contribution in [0.25, 0.3) is 0 Å². The van der Waals surface area contributed by atoms with Gasteiger partial charge in [0.15, 0.2) is 0 Å². The summed E-state index contributed by atoms with van der Waals surface area (Å²) in [6, 6.07) is 0. The highest BCUT2D eigenvalue weighted by atomic mass is 13.9. The summed E-state index contributed by atoms with van der Waals surface area (Å²) in [5, 5.41) is 0. The van der Waals surface area contributed by atoms with Crippen molar-refractivity contribution in [2.24, 2.45) is 0 Å². The molecule has 0 N–H and O–H groups in total. The lowest BCUT2D eigenvalue weighted by Crippen LogP contribution is -1.75. The van der Waals surface area contributed by atoms with E-state index >= 15 is 0 Å². The van der Waals surface area contributed by atoms with Crippen LogP contribution in [-0.2, 0) is 0 Å². The van der Waals surface area contributed by atoms with E-state index in [2.05, 4.69) is 52.0 Å². The molecular weight excluding hydrogens is 204 g/mol. The normalized spacial score (nSPS) is 12.0. The van der Waals surface area contributed by atoms with E-state index in [0.717, 1.165) is 6.42 Å². The van der Waals surface area contributed by atoms with Crippen LogP contribution in [0.4, 0.5) is 0 Å². The lowest BCUT2D eigenvalue weighted by atomic mass is 10.1. The molecule has 0 unspecified atom stereocenters. The van der Waals surface area contributed by atoms with Gasteiger partial charge in [0.25, 0.3) is 0 Å². The molecule has 0 aliphatic heterocycles. The van der Waals surface area contributed by atoms with Crippen molar-refractivity contribution in [3.8, 4) is 0 Å². The summed E-state index contributed by atoms with van der Waals surface area (Å²) in [6.45, 7) is 16.4. The Morgan fingerprint density at radius 3 is 1.59 bits per heavy atom. The van der Waals surface area contributed by atoms with Crippen molar-refractivity contribution < 1.29 is 0 Å². The molecule has 0 heterocycles. The topological polar surface area (TPSA) is 0 Å². The summed E-state index contributed by atoms with van der Waals surface area (Å²) in [5.41, 5.74) is 2.73. The fraction of sp³-hybridized carbons (Fsp3) is 0.529. The van der Waals surface area contributed by atoms with Crippen LogP contribution >= 0.6 is 0 Å². The van der Waals surface area contributed by atoms with Gasteiger partial charge in [-0.25, -0.2) is 0 Å². The van der Waals surface area contributed by atoms with Gasteiger partial charge >= 0.3 is 0 Å². The van der Waals surface area contributed by atoms with E-state index in [1.807, 2.05) is 39.8 Å². The first-order valence-electron chi connectivity index (χ1n) is 6.69. The molecule has 0 fully saturated rings. The standard InChI is InChI=1S/C11H18.C4H8.C2H6/c1-5-8-11(7-3)9-10(4)6-2;1-3-4-2;1-2/h5-6,8-9H,7H2,1-4H3;3-4H,1-2H3;1-2H3/b8-5-,10-6-,11-9-;4-3-;. The summed E-state index contributed by atoms with van der Waals surface area (Å²) in [4.78, 5) is 0. The third-order valence-electron chi connectivity index (χ3n) is 1.99. The fourth-order valence-electron chi connectivity index (χ4n) is 0.858. The van der Waals surface area contributed by atoms with Crippen LogP contribution < -0.4 is 0 Å². The molecule has 0 saturated heterocycles. The molecule has 0 aliphatic carbocycles. The third kappa shape index (κ3) is 20.9. The molecule has 0 amide bonds. The molecule has 0 aliphatic rings. The Kier molecular flexibility index (Phi) is 25.5. The molecule has 0 radical (unpaired) electrons. The van der Waals surface area contributed by atoms with Crippen LogP contribution in [0.1, 0.15) is 61.8 Å². The smallest absolute Gasteiger partial charge is 0.0307 e. The largest absolute Gasteiger partial charge is 0.0919 e. The Morgan fingerprint density at radius 1 is 0.882 bits per heavy atom. The van der Waals surface area contributed by atoms with Crippen LogP contribution in [0.15, 0.2) is 47.6 Å². The number of rotatable bonds is 3. The molecule has 0 rings (SSSR count). The van der Waals surface area contributed by atoms with Crippen LogP contribution in [0.5, 0.6) is 0 Å². The van der Waals surface area contributed by atoms with Crippen molar-refractivity contribution in [3.63, 3.8) is 0 Å². The Hall–Kier alpha value is -1.04. The van der Waals surface area contributed by atoms with Crippen molar-refractivity contribution in [1.29, 1.82) is 0 Å². The van der Waals surface area contributed by atoms with Gasteiger partial charge < -0.3 is 0 Å². The van der Waals surface area contributed by atoms with E-state index < -0.39 is 0 Å². The van der Waals surface area contributed by atoms with E-state index in [4.69, 9.17) is 0 Å². The second kappa shape index (κ2) is 20.4. The summed E-state index contributed by atoms with van der Waals surface area (Å²) >= 11 is 0. The van der Waals surface area contributed by atoms with E-state index in [0.29, 0.717) is 0 Å². The second-order valence-corrected chi connectivity index (χ2v) is 3.27. The maximum Gasteiger partial charge on any atom is -0.0307 e. The first-order valence-corrected chi connectivity index (χ1v) is 6.69. The van der Waals surface area contributed by atoms with Gasteiger partial charge in [-0.1, -0.05) is 62.8 Å². The van der Waals surface area contributed by atoms with Gasteiger partial charge in [-0.2, -0.15) is 0 Å². The lowest BCUT2D eigenvalue weighted by Gasteiger charge is -1.96. The second-order valence-electron chi connectivity index (χ2n) is 3.27. The quantitative estimate of drug-likeness (QED) is 0.389. The molecule has 17 heavy (non-hydrogen) atoms. The molecule has 0 aromatic rings. The predicted molar refractivity (Wildman–Crippen MR) is 84.5 cm³/mol. The third-order valence-corrected chi connectivity index (χ3v) is 1.99. The van der Waals surface area contributed by atoms with Crippen LogP contribution in [0.3, 0.4) is 0 Å². The Bertz CT molecular complexity index is 233. The van der Waals surface area contributed by atoms with Crippen LogP contribution in [0.2, 0.25) is 0 Å². The van der Waals surface area contributed by atoms with Gasteiger partial charge in [0.2, 0.25) is 0 Å². The maximum absolute atomic E-state index is 2.22. The Labute approximate surface area is 110 Å². The SMILES string of the molecule is C/C=C\C.CC.C\C=C/C(=C\C(C)=C/C)CC. The summed E-state index contributed by atoms with van der Waals surface area (Å²) in [5.74, 6) is 0. The number of hydrogen-bond acceptors (Lipinski definition) is 0. The van der Waals surface area contributed by atoms with Crippen molar-refractivity contribution in [2.75, 3.05) is 0 Å². The van der Waals surface area contributed by atoms with Gasteiger partial charge in [-0.3, -0.25) is 0 Å². The van der Waals surface area contributed by atoms with Gasteiger partial charge in [-0.15, -0.1) is 0 Å². The monoisotopic (exact) mass is 236 g/mol. The fourth-order valence-corrected chi connectivity index (χ4v) is 0.858. The van der Waals surface area contributed by atoms with Gasteiger partial charge in [0.05, 0.1) is 0 Å². The molecule has 0 aromatic heterocycles. The molecule has 100 valence electrons. The van der Waals surface area contributed by atoms with Crippen molar-refractivity contribution >= 4 is 0 Å². The first kappa shape index (κ1) is 21.3. The molecule has 0 nitrogen and oxygen atoms in total. The Morgan fingerprint density at radius 2 is 1.35 bits per heavy atom. The predicted octanol–water partition coefficient (Wildman–Crippen LogP) is 6.47. The summed E-state index contributed by atoms with van der Waals surface area (Å²) < 4.78 is 0. The highest BCUT2D eigenvalue weighted by Gasteiger charge is 1.86. The maximum atomic E-state index is 2.22. The molecule has 0 heteroatoms. The van der Waals surface area contributed by atoms with Crippen LogP contribution in [0, 0.1) is 0 Å². The van der Waals surface area contributed by atoms with E-state index in [1.54, 1.807) is 0 Å². The molecule has 0 saturated carbocycles. The zero-order chi connectivity index (χ0) is 14.1. The minimum atomic E-state index is 1.11. The highest BCUT2D eigenvalue weighted by Crippen LogP contribution is 2.07. The van der Waals surface area contributed by atoms with Crippen LogP contribution in [-0.4, -0.2) is 0 Å². The number of hydrogen-bond donors (Lipinski definition) is 0. The molecule has 0 aromatic carbocycles. The highest BCUT2D eigenvalue weighted by molar-refractivity contribution is 5.28. The molecule has 0 spiro atoms. The van der Waals surface area contributed by atoms with Crippen molar-refractivity contribution in [2.45, 2.75) is 61.8 Å². The summed E-state index contributed by atoms with van der Waals surface area (Å²) in [6.07, 6.45) is 13.7. The van der Waals surface area contributed by atoms with Gasteiger partial charge in [-0.05, 0) is 46.6 Å². The van der Waals surface area contributed by atoms with Gasteiger partial charge in [0.1, 0.15) is 0 Å². The molecule has 0 bridgehead atoms.